The highest BCUT2D eigenvalue weighted by molar-refractivity contribution is 5.66. The van der Waals surface area contributed by atoms with E-state index < -0.39 is 6.36 Å². The quantitative estimate of drug-likeness (QED) is 0.551. The lowest BCUT2D eigenvalue weighted by molar-refractivity contribution is -0.274. The van der Waals surface area contributed by atoms with Gasteiger partial charge in [0.1, 0.15) is 5.75 Å². The van der Waals surface area contributed by atoms with E-state index in [0.29, 0.717) is 0 Å². The van der Waals surface area contributed by atoms with Gasteiger partial charge in [0.25, 0.3) is 0 Å². The molecular weight excluding hydrogens is 365 g/mol. The van der Waals surface area contributed by atoms with Crippen LogP contribution in [0.5, 0.6) is 5.75 Å². The summed E-state index contributed by atoms with van der Waals surface area (Å²) in [6.07, 6.45) is 10.7. The van der Waals surface area contributed by atoms with Crippen molar-refractivity contribution >= 4 is 5.57 Å². The van der Waals surface area contributed by atoms with E-state index in [1.165, 1.54) is 56.9 Å². The van der Waals surface area contributed by atoms with E-state index in [0.717, 1.165) is 36.2 Å². The van der Waals surface area contributed by atoms with Crippen LogP contribution in [0.1, 0.15) is 58.9 Å². The first-order valence-corrected chi connectivity index (χ1v) is 10.0. The van der Waals surface area contributed by atoms with Crippen molar-refractivity contribution in [3.05, 3.63) is 48.1 Å². The fourth-order valence-electron chi connectivity index (χ4n) is 4.50. The Morgan fingerprint density at radius 3 is 2.25 bits per heavy atom. The molecule has 1 fully saturated rings. The highest BCUT2D eigenvalue weighted by Crippen LogP contribution is 2.41. The van der Waals surface area contributed by atoms with Crippen LogP contribution in [0.4, 0.5) is 13.2 Å². The van der Waals surface area contributed by atoms with Crippen LogP contribution in [-0.2, 0) is 0 Å². The van der Waals surface area contributed by atoms with E-state index in [1.807, 2.05) is 0 Å². The van der Waals surface area contributed by atoms with Gasteiger partial charge in [-0.1, -0.05) is 30.4 Å². The Bertz CT molecular complexity index is 664. The third-order valence-corrected chi connectivity index (χ3v) is 5.86. The number of hydrogen-bond acceptors (Lipinski definition) is 2. The number of allylic oxidation sites excluding steroid dienone is 4. The summed E-state index contributed by atoms with van der Waals surface area (Å²) in [6, 6.07) is 6.27. The average molecular weight is 401 g/mol. The number of aliphatic hydroxyl groups is 1. The van der Waals surface area contributed by atoms with Crippen molar-refractivity contribution in [3.63, 3.8) is 0 Å². The van der Waals surface area contributed by atoms with Crippen LogP contribution in [0.15, 0.2) is 42.5 Å². The number of halogens is 3. The molecule has 1 aromatic rings. The van der Waals surface area contributed by atoms with Crippen molar-refractivity contribution in [1.29, 1.82) is 1.43 Å². The van der Waals surface area contributed by atoms with Crippen molar-refractivity contribution < 1.29 is 24.4 Å². The zero-order valence-corrected chi connectivity index (χ0v) is 16.7. The van der Waals surface area contributed by atoms with Crippen LogP contribution < -0.4 is 4.74 Å². The minimum Gasteiger partial charge on any atom is -0.406 e. The largest absolute Gasteiger partial charge is 0.573 e. The third kappa shape index (κ3) is 6.69. The number of rotatable bonds is 4. The Kier molecular flexibility index (Phi) is 8.01. The molecule has 158 valence electrons. The zero-order valence-electron chi connectivity index (χ0n) is 17.7. The zero-order chi connectivity index (χ0) is 21.3. The predicted octanol–water partition coefficient (Wildman–Crippen LogP) is 7.01. The molecule has 1 atom stereocenters. The van der Waals surface area contributed by atoms with E-state index in [1.54, 1.807) is 12.1 Å². The Morgan fingerprint density at radius 2 is 1.75 bits per heavy atom. The summed E-state index contributed by atoms with van der Waals surface area (Å²) >= 11 is 0. The average Bonchev–Trinajstić information content (AvgIpc) is 2.69. The highest BCUT2D eigenvalue weighted by atomic mass is 19.4. The lowest BCUT2D eigenvalue weighted by Gasteiger charge is -2.34. The topological polar surface area (TPSA) is 29.5 Å². The molecule has 28 heavy (non-hydrogen) atoms. The molecule has 0 spiro atoms. The van der Waals surface area contributed by atoms with Gasteiger partial charge < -0.3 is 9.85 Å². The SMILES string of the molecule is C/C=C/C1CCC(C2CC=C(c3ccc(OC(F)(F)F)cc3)CC2)CC1.[3H]OC.[HH]. The van der Waals surface area contributed by atoms with Gasteiger partial charge in [0, 0.05) is 8.54 Å². The molecule has 1 aromatic carbocycles. The Balaban J connectivity index is 0.00000106. The van der Waals surface area contributed by atoms with Crippen LogP contribution in [0.2, 0.25) is 0 Å². The van der Waals surface area contributed by atoms with Crippen LogP contribution in [0, 0.1) is 17.8 Å². The van der Waals surface area contributed by atoms with Crippen LogP contribution in [0.25, 0.3) is 5.57 Å². The standard InChI is InChI=1S/C22H27F3O.CH4O.H2/c1-2-3-16-4-6-17(7-5-16)18-8-10-19(11-9-18)20-12-14-21(15-13-20)26-22(23,24)25;1-2;/h2-3,10,12-18H,4-9,11H2,1H3;2H,1H3;1H/b3-2+;;/i;2T;. The summed E-state index contributed by atoms with van der Waals surface area (Å²) in [6.45, 7) is 2.10. The number of hydrogen-bond donors (Lipinski definition) is 1. The van der Waals surface area contributed by atoms with Crippen molar-refractivity contribution in [2.75, 3.05) is 7.11 Å². The number of aliphatic hydroxyl groups excluding tert-OH is 1. The van der Waals surface area contributed by atoms with Gasteiger partial charge in [0.15, 0.2) is 0 Å². The molecule has 1 unspecified atom stereocenters. The van der Waals surface area contributed by atoms with E-state index in [-0.39, 0.29) is 7.18 Å². The summed E-state index contributed by atoms with van der Waals surface area (Å²) in [7, 11) is 1.29. The molecule has 3 rings (SSSR count). The molecule has 0 aliphatic heterocycles. The predicted molar refractivity (Wildman–Crippen MR) is 109 cm³/mol. The van der Waals surface area contributed by atoms with E-state index in [4.69, 9.17) is 1.43 Å². The summed E-state index contributed by atoms with van der Waals surface area (Å²) in [4.78, 5) is 0. The lowest BCUT2D eigenvalue weighted by atomic mass is 9.71. The van der Waals surface area contributed by atoms with Gasteiger partial charge in [0.05, 0.1) is 0 Å². The maximum Gasteiger partial charge on any atom is 0.573 e. The molecule has 1 saturated carbocycles. The molecule has 5 heteroatoms. The van der Waals surface area contributed by atoms with Gasteiger partial charge in [-0.15, -0.1) is 13.2 Å². The van der Waals surface area contributed by atoms with Gasteiger partial charge in [-0.3, -0.25) is 0 Å². The first kappa shape index (κ1) is 21.0. The van der Waals surface area contributed by atoms with E-state index in [2.05, 4.69) is 35.0 Å². The van der Waals surface area contributed by atoms with Crippen LogP contribution in [-0.4, -0.2) is 20.0 Å². The highest BCUT2D eigenvalue weighted by Gasteiger charge is 2.31. The van der Waals surface area contributed by atoms with Crippen LogP contribution >= 0.6 is 0 Å². The van der Waals surface area contributed by atoms with Gasteiger partial charge in [-0.25, -0.2) is 0 Å². The van der Waals surface area contributed by atoms with Crippen molar-refractivity contribution in [2.24, 2.45) is 17.8 Å². The van der Waals surface area contributed by atoms with Gasteiger partial charge in [-0.2, -0.15) is 0 Å². The molecule has 2 nitrogen and oxygen atoms in total. The first-order chi connectivity index (χ1) is 13.9. The number of alkyl halides is 3. The number of ether oxygens (including phenoxy) is 1. The molecule has 2 aliphatic rings. The van der Waals surface area contributed by atoms with Crippen molar-refractivity contribution in [1.82, 2.24) is 0 Å². The minimum absolute atomic E-state index is 0. The monoisotopic (exact) mass is 400 g/mol. The lowest BCUT2D eigenvalue weighted by Crippen LogP contribution is -2.22. The smallest absolute Gasteiger partial charge is 0.406 e. The normalized spacial score (nSPS) is 26.1. The summed E-state index contributed by atoms with van der Waals surface area (Å²) < 4.78 is 46.4. The van der Waals surface area contributed by atoms with Gasteiger partial charge in [0.2, 0.25) is 1.43 Å². The Morgan fingerprint density at radius 1 is 1.11 bits per heavy atom. The molecule has 0 bridgehead atoms. The molecule has 0 heterocycles. The van der Waals surface area contributed by atoms with Gasteiger partial charge in [-0.05, 0) is 92.9 Å². The van der Waals surface area contributed by atoms with Crippen molar-refractivity contribution in [2.45, 2.75) is 58.2 Å². The molecular formula is C23H33F3O2. The maximum absolute atomic E-state index is 12.2. The molecule has 0 amide bonds. The molecule has 0 radical (unpaired) electrons. The Labute approximate surface area is 169 Å². The molecule has 2 aliphatic carbocycles. The summed E-state index contributed by atoms with van der Waals surface area (Å²) in [5.41, 5.74) is 2.26. The van der Waals surface area contributed by atoms with E-state index in [9.17, 15) is 13.2 Å². The fraction of sp³-hybridized carbons (Fsp3) is 0.565. The summed E-state index contributed by atoms with van der Waals surface area (Å²) in [5.74, 6) is 2.20. The van der Waals surface area contributed by atoms with E-state index >= 15 is 0 Å². The third-order valence-electron chi connectivity index (χ3n) is 5.86. The van der Waals surface area contributed by atoms with Crippen LogP contribution in [0.3, 0.4) is 0 Å². The maximum atomic E-state index is 12.2. The summed E-state index contributed by atoms with van der Waals surface area (Å²) in [5, 5.41) is 3.50. The minimum atomic E-state index is -4.63. The number of benzene rings is 1. The second-order valence-electron chi connectivity index (χ2n) is 7.54. The molecule has 0 saturated heterocycles. The van der Waals surface area contributed by atoms with Crippen molar-refractivity contribution in [3.8, 4) is 5.75 Å². The fourth-order valence-corrected chi connectivity index (χ4v) is 4.50. The molecule has 0 aromatic heterocycles. The second-order valence-corrected chi connectivity index (χ2v) is 7.54. The molecule has 1 N–H and O–H groups in total. The first-order valence-electron chi connectivity index (χ1n) is 10.4. The Hall–Kier alpha value is -1.75. The van der Waals surface area contributed by atoms with Gasteiger partial charge >= 0.3 is 6.36 Å². The second kappa shape index (κ2) is 10.7.